The predicted molar refractivity (Wildman–Crippen MR) is 109 cm³/mol. The van der Waals surface area contributed by atoms with Crippen molar-refractivity contribution < 1.29 is 18.3 Å². The third-order valence-corrected chi connectivity index (χ3v) is 5.62. The fourth-order valence-electron chi connectivity index (χ4n) is 2.54. The van der Waals surface area contributed by atoms with Crippen LogP contribution in [0.25, 0.3) is 0 Å². The van der Waals surface area contributed by atoms with Gasteiger partial charge in [-0.1, -0.05) is 35.9 Å². The van der Waals surface area contributed by atoms with E-state index in [9.17, 15) is 18.3 Å². The quantitative estimate of drug-likeness (QED) is 0.537. The molecule has 0 bridgehead atoms. The Kier molecular flexibility index (Phi) is 5.58. The lowest BCUT2D eigenvalue weighted by atomic mass is 10.2. The molecule has 6 nitrogen and oxygen atoms in total. The van der Waals surface area contributed by atoms with Crippen LogP contribution >= 0.6 is 11.6 Å². The number of sulfonamides is 1. The second-order valence-electron chi connectivity index (χ2n) is 6.09. The minimum atomic E-state index is -3.92. The maximum atomic E-state index is 12.7. The zero-order chi connectivity index (χ0) is 20.3. The first-order valence-electron chi connectivity index (χ1n) is 8.25. The Labute approximate surface area is 167 Å². The van der Waals surface area contributed by atoms with Crippen LogP contribution in [0.2, 0.25) is 5.02 Å². The zero-order valence-electron chi connectivity index (χ0n) is 14.8. The molecule has 8 heteroatoms. The Hall–Kier alpha value is -3.03. The van der Waals surface area contributed by atoms with Crippen LogP contribution in [0.5, 0.6) is 5.75 Å². The molecule has 3 aromatic rings. The van der Waals surface area contributed by atoms with Gasteiger partial charge in [0.15, 0.2) is 0 Å². The number of carbonyl (C=O) groups is 1. The average molecular weight is 417 g/mol. The number of nitrogens with one attached hydrogen (secondary N) is 2. The number of hydrogen-bond acceptors (Lipinski definition) is 4. The maximum Gasteiger partial charge on any atom is 0.261 e. The number of halogens is 1. The van der Waals surface area contributed by atoms with Crippen LogP contribution in [0, 0.1) is 6.92 Å². The Balaban J connectivity index is 1.90. The van der Waals surface area contributed by atoms with Crippen molar-refractivity contribution in [1.82, 2.24) is 0 Å². The van der Waals surface area contributed by atoms with E-state index >= 15 is 0 Å². The molecule has 0 aliphatic rings. The summed E-state index contributed by atoms with van der Waals surface area (Å²) < 4.78 is 27.8. The largest absolute Gasteiger partial charge is 0.506 e. The van der Waals surface area contributed by atoms with Crippen molar-refractivity contribution in [3.05, 3.63) is 82.9 Å². The van der Waals surface area contributed by atoms with Crippen molar-refractivity contribution in [2.75, 3.05) is 10.0 Å². The number of phenolic OH excluding ortho intramolecular Hbond substituents is 1. The molecule has 0 atom stereocenters. The molecule has 0 spiro atoms. The SMILES string of the molecule is Cc1cccc(NS(=O)(=O)c2ccc(Cl)c(C(=O)Nc3ccccc3O)c2)c1. The molecular weight excluding hydrogens is 400 g/mol. The summed E-state index contributed by atoms with van der Waals surface area (Å²) in [6.45, 7) is 1.85. The van der Waals surface area contributed by atoms with Crippen LogP contribution in [0.3, 0.4) is 0 Å². The van der Waals surface area contributed by atoms with Crippen molar-refractivity contribution in [3.8, 4) is 5.75 Å². The third kappa shape index (κ3) is 4.44. The summed E-state index contributed by atoms with van der Waals surface area (Å²) in [4.78, 5) is 12.4. The molecule has 3 N–H and O–H groups in total. The highest BCUT2D eigenvalue weighted by Crippen LogP contribution is 2.26. The summed E-state index contributed by atoms with van der Waals surface area (Å²) in [5, 5.41) is 12.4. The van der Waals surface area contributed by atoms with E-state index in [2.05, 4.69) is 10.0 Å². The number of para-hydroxylation sites is 2. The van der Waals surface area contributed by atoms with Crippen LogP contribution in [0.4, 0.5) is 11.4 Å². The van der Waals surface area contributed by atoms with Gasteiger partial charge in [-0.3, -0.25) is 9.52 Å². The molecule has 1 amide bonds. The molecule has 0 fully saturated rings. The molecule has 0 saturated heterocycles. The first kappa shape index (κ1) is 19.7. The Morgan fingerprint density at radius 1 is 1.00 bits per heavy atom. The first-order valence-corrected chi connectivity index (χ1v) is 10.1. The maximum absolute atomic E-state index is 12.7. The monoisotopic (exact) mass is 416 g/mol. The van der Waals surface area contributed by atoms with E-state index in [-0.39, 0.29) is 26.9 Å². The van der Waals surface area contributed by atoms with Gasteiger partial charge < -0.3 is 10.4 Å². The fourth-order valence-corrected chi connectivity index (χ4v) is 3.82. The van der Waals surface area contributed by atoms with E-state index in [4.69, 9.17) is 11.6 Å². The molecule has 3 aromatic carbocycles. The molecule has 0 aromatic heterocycles. The van der Waals surface area contributed by atoms with Crippen LogP contribution in [0.1, 0.15) is 15.9 Å². The highest BCUT2D eigenvalue weighted by Gasteiger charge is 2.19. The third-order valence-electron chi connectivity index (χ3n) is 3.92. The number of amides is 1. The second kappa shape index (κ2) is 7.92. The zero-order valence-corrected chi connectivity index (χ0v) is 16.4. The standard InChI is InChI=1S/C20H17ClN2O4S/c1-13-5-4-6-14(11-13)23-28(26,27)15-9-10-17(21)16(12-15)20(25)22-18-7-2-3-8-19(18)24/h2-12,23-24H,1H3,(H,22,25). The number of benzene rings is 3. The van der Waals surface area contributed by atoms with Crippen LogP contribution < -0.4 is 10.0 Å². The molecule has 0 aliphatic carbocycles. The van der Waals surface area contributed by atoms with Gasteiger partial charge >= 0.3 is 0 Å². The Bertz CT molecular complexity index is 1150. The van der Waals surface area contributed by atoms with Gasteiger partial charge in [0.2, 0.25) is 0 Å². The molecule has 0 unspecified atom stereocenters. The number of aryl methyl sites for hydroxylation is 1. The average Bonchev–Trinajstić information content (AvgIpc) is 2.63. The molecule has 0 saturated carbocycles. The lowest BCUT2D eigenvalue weighted by molar-refractivity contribution is 0.102. The fraction of sp³-hybridized carbons (Fsp3) is 0.0500. The number of anilines is 2. The smallest absolute Gasteiger partial charge is 0.261 e. The molecule has 28 heavy (non-hydrogen) atoms. The van der Waals surface area contributed by atoms with Gasteiger partial charge in [-0.15, -0.1) is 0 Å². The number of carbonyl (C=O) groups excluding carboxylic acids is 1. The van der Waals surface area contributed by atoms with Gasteiger partial charge in [0.25, 0.3) is 15.9 Å². The van der Waals surface area contributed by atoms with Crippen molar-refractivity contribution in [2.45, 2.75) is 11.8 Å². The minimum absolute atomic E-state index is 0.0305. The summed E-state index contributed by atoms with van der Waals surface area (Å²) in [5.41, 5.74) is 1.47. The number of rotatable bonds is 5. The lowest BCUT2D eigenvalue weighted by Crippen LogP contribution is -2.16. The van der Waals surface area contributed by atoms with E-state index in [1.165, 1.54) is 30.3 Å². The number of phenols is 1. The number of aromatic hydroxyl groups is 1. The van der Waals surface area contributed by atoms with E-state index in [0.29, 0.717) is 5.69 Å². The molecule has 0 heterocycles. The molecular formula is C20H17ClN2O4S. The summed E-state index contributed by atoms with van der Waals surface area (Å²) in [6.07, 6.45) is 0. The van der Waals surface area contributed by atoms with Gasteiger partial charge in [-0.25, -0.2) is 8.42 Å². The molecule has 3 rings (SSSR count). The summed E-state index contributed by atoms with van der Waals surface area (Å²) in [5.74, 6) is -0.754. The summed E-state index contributed by atoms with van der Waals surface area (Å²) >= 11 is 6.09. The highest BCUT2D eigenvalue weighted by atomic mass is 35.5. The van der Waals surface area contributed by atoms with Crippen molar-refractivity contribution in [3.63, 3.8) is 0 Å². The van der Waals surface area contributed by atoms with Crippen LogP contribution in [-0.2, 0) is 10.0 Å². The summed E-state index contributed by atoms with van der Waals surface area (Å²) in [6, 6.07) is 16.9. The van der Waals surface area contributed by atoms with Crippen molar-refractivity contribution in [2.24, 2.45) is 0 Å². The van der Waals surface area contributed by atoms with Gasteiger partial charge in [-0.2, -0.15) is 0 Å². The Morgan fingerprint density at radius 3 is 2.46 bits per heavy atom. The minimum Gasteiger partial charge on any atom is -0.506 e. The van der Waals surface area contributed by atoms with Crippen molar-refractivity contribution >= 4 is 38.9 Å². The number of hydrogen-bond donors (Lipinski definition) is 3. The van der Waals surface area contributed by atoms with Gasteiger partial charge in [0.1, 0.15) is 5.75 Å². The van der Waals surface area contributed by atoms with Crippen LogP contribution in [0.15, 0.2) is 71.6 Å². The summed E-state index contributed by atoms with van der Waals surface area (Å²) in [7, 11) is -3.92. The van der Waals surface area contributed by atoms with Crippen LogP contribution in [-0.4, -0.2) is 19.4 Å². The van der Waals surface area contributed by atoms with E-state index in [1.54, 1.807) is 30.3 Å². The molecule has 0 radical (unpaired) electrons. The van der Waals surface area contributed by atoms with E-state index in [1.807, 2.05) is 13.0 Å². The highest BCUT2D eigenvalue weighted by molar-refractivity contribution is 7.92. The van der Waals surface area contributed by atoms with E-state index in [0.717, 1.165) is 5.56 Å². The van der Waals surface area contributed by atoms with E-state index < -0.39 is 15.9 Å². The Morgan fingerprint density at radius 2 is 1.75 bits per heavy atom. The first-order chi connectivity index (χ1) is 13.3. The van der Waals surface area contributed by atoms with Gasteiger partial charge in [0, 0.05) is 5.69 Å². The van der Waals surface area contributed by atoms with Gasteiger partial charge in [-0.05, 0) is 55.0 Å². The lowest BCUT2D eigenvalue weighted by Gasteiger charge is -2.12. The molecule has 0 aliphatic heterocycles. The van der Waals surface area contributed by atoms with Gasteiger partial charge in [0.05, 0.1) is 21.2 Å². The topological polar surface area (TPSA) is 95.5 Å². The molecule has 144 valence electrons. The van der Waals surface area contributed by atoms with Crippen molar-refractivity contribution in [1.29, 1.82) is 0 Å². The normalized spacial score (nSPS) is 11.1. The predicted octanol–water partition coefficient (Wildman–Crippen LogP) is 4.41. The second-order valence-corrected chi connectivity index (χ2v) is 8.18.